The summed E-state index contributed by atoms with van der Waals surface area (Å²) >= 11 is 0. The first kappa shape index (κ1) is 20.7. The number of hydrogen-bond donors (Lipinski definition) is 0. The summed E-state index contributed by atoms with van der Waals surface area (Å²) < 4.78 is 39.9. The van der Waals surface area contributed by atoms with E-state index in [0.29, 0.717) is 17.3 Å². The summed E-state index contributed by atoms with van der Waals surface area (Å²) in [6.45, 7) is 2.84. The Hall–Kier alpha value is -3.18. The molecule has 0 spiro atoms. The van der Waals surface area contributed by atoms with Gasteiger partial charge < -0.3 is 9.15 Å². The van der Waals surface area contributed by atoms with Gasteiger partial charge in [0.15, 0.2) is 11.3 Å². The van der Waals surface area contributed by atoms with Crippen molar-refractivity contribution in [1.29, 1.82) is 0 Å². The maximum Gasteiger partial charge on any atom is 0.176 e. The van der Waals surface area contributed by atoms with Crippen LogP contribution in [0.4, 0.5) is 8.78 Å². The zero-order valence-corrected chi connectivity index (χ0v) is 18.0. The highest BCUT2D eigenvalue weighted by Crippen LogP contribution is 2.37. The molecule has 0 N–H and O–H groups in total. The Morgan fingerprint density at radius 2 is 1.66 bits per heavy atom. The minimum absolute atomic E-state index is 0.157. The van der Waals surface area contributed by atoms with Crippen LogP contribution < -0.4 is 4.74 Å². The first-order valence-electron chi connectivity index (χ1n) is 10.9. The minimum Gasteiger partial charge on any atom is -0.493 e. The van der Waals surface area contributed by atoms with Crippen LogP contribution >= 0.6 is 0 Å². The molecule has 5 rings (SSSR count). The zero-order valence-electron chi connectivity index (χ0n) is 18.0. The Kier molecular flexibility index (Phi) is 5.66. The Balaban J connectivity index is 1.37. The molecule has 0 atom stereocenters. The van der Waals surface area contributed by atoms with E-state index in [-0.39, 0.29) is 11.3 Å². The number of piperidine rings is 1. The number of fused-ring (bicyclic) bond motifs is 1. The topological polar surface area (TPSA) is 25.6 Å². The number of benzene rings is 3. The van der Waals surface area contributed by atoms with Crippen LogP contribution in [0.2, 0.25) is 0 Å². The number of nitrogens with zero attached hydrogens (tertiary/aromatic N) is 1. The lowest BCUT2D eigenvalue weighted by Crippen LogP contribution is -2.32. The quantitative estimate of drug-likeness (QED) is 0.347. The first-order chi connectivity index (χ1) is 15.6. The van der Waals surface area contributed by atoms with Crippen LogP contribution in [0.5, 0.6) is 5.75 Å². The highest BCUT2D eigenvalue weighted by atomic mass is 19.1. The Labute approximate surface area is 186 Å². The number of likely N-dealkylation sites (tertiary alicyclic amines) is 1. The smallest absolute Gasteiger partial charge is 0.176 e. The molecule has 0 bridgehead atoms. The molecule has 1 saturated heterocycles. The van der Waals surface area contributed by atoms with Crippen LogP contribution in [0.15, 0.2) is 71.1 Å². The van der Waals surface area contributed by atoms with E-state index in [2.05, 4.69) is 35.2 Å². The summed E-state index contributed by atoms with van der Waals surface area (Å²) in [7, 11) is 1.58. The van der Waals surface area contributed by atoms with Crippen molar-refractivity contribution in [2.24, 2.45) is 0 Å². The van der Waals surface area contributed by atoms with Crippen molar-refractivity contribution in [2.75, 3.05) is 20.2 Å². The van der Waals surface area contributed by atoms with E-state index in [1.54, 1.807) is 13.2 Å². The van der Waals surface area contributed by atoms with E-state index in [1.807, 2.05) is 12.1 Å². The van der Waals surface area contributed by atoms with Crippen molar-refractivity contribution in [3.63, 3.8) is 0 Å². The van der Waals surface area contributed by atoms with E-state index in [4.69, 9.17) is 9.15 Å². The summed E-state index contributed by atoms with van der Waals surface area (Å²) in [4.78, 5) is 2.44. The van der Waals surface area contributed by atoms with Crippen LogP contribution in [0.25, 0.3) is 22.3 Å². The van der Waals surface area contributed by atoms with Gasteiger partial charge in [-0.3, -0.25) is 4.90 Å². The summed E-state index contributed by atoms with van der Waals surface area (Å²) in [5, 5.41) is 0.774. The molecule has 1 fully saturated rings. The molecule has 1 aliphatic rings. The molecular weight excluding hydrogens is 408 g/mol. The third kappa shape index (κ3) is 4.00. The van der Waals surface area contributed by atoms with Gasteiger partial charge >= 0.3 is 0 Å². The molecule has 3 nitrogen and oxygen atoms in total. The van der Waals surface area contributed by atoms with E-state index >= 15 is 0 Å². The van der Waals surface area contributed by atoms with Gasteiger partial charge in [0.05, 0.1) is 12.7 Å². The van der Waals surface area contributed by atoms with Crippen molar-refractivity contribution in [3.05, 3.63) is 89.5 Å². The van der Waals surface area contributed by atoms with Crippen molar-refractivity contribution in [1.82, 2.24) is 4.90 Å². The fourth-order valence-electron chi connectivity index (χ4n) is 4.69. The summed E-state index contributed by atoms with van der Waals surface area (Å²) in [6, 6.07) is 20.2. The van der Waals surface area contributed by atoms with Crippen molar-refractivity contribution < 1.29 is 17.9 Å². The molecule has 0 amide bonds. The lowest BCUT2D eigenvalue weighted by atomic mass is 9.89. The van der Waals surface area contributed by atoms with Crippen LogP contribution in [0.1, 0.15) is 29.9 Å². The Morgan fingerprint density at radius 3 is 2.34 bits per heavy atom. The number of furan rings is 1. The predicted octanol–water partition coefficient (Wildman–Crippen LogP) is 6.77. The summed E-state index contributed by atoms with van der Waals surface area (Å²) in [5.41, 5.74) is 2.85. The fraction of sp³-hybridized carbons (Fsp3) is 0.259. The van der Waals surface area contributed by atoms with Crippen LogP contribution in [-0.2, 0) is 6.54 Å². The van der Waals surface area contributed by atoms with Gasteiger partial charge in [-0.05, 0) is 73.3 Å². The number of hydrogen-bond acceptors (Lipinski definition) is 3. The molecule has 1 aromatic heterocycles. The number of ether oxygens (including phenoxy) is 1. The second-order valence-electron chi connectivity index (χ2n) is 8.38. The standard InChI is InChI=1S/C27H25F2NO2/c1-31-25-15-18(17-30-12-10-20(11-13-30)19-6-3-2-4-7-19)14-21-16-24(32-27(21)25)26-22(28)8-5-9-23(26)29/h2-9,14-16,20H,10-13,17H2,1H3. The molecule has 32 heavy (non-hydrogen) atoms. The third-order valence-electron chi connectivity index (χ3n) is 6.34. The van der Waals surface area contributed by atoms with Crippen LogP contribution in [0, 0.1) is 11.6 Å². The Bertz CT molecular complexity index is 1210. The largest absolute Gasteiger partial charge is 0.493 e. The monoisotopic (exact) mass is 433 g/mol. The van der Waals surface area contributed by atoms with Crippen molar-refractivity contribution >= 4 is 11.0 Å². The van der Waals surface area contributed by atoms with E-state index < -0.39 is 11.6 Å². The van der Waals surface area contributed by atoms with Gasteiger partial charge in [0.2, 0.25) is 0 Å². The highest BCUT2D eigenvalue weighted by molar-refractivity contribution is 5.88. The Morgan fingerprint density at radius 1 is 0.938 bits per heavy atom. The normalized spacial score (nSPS) is 15.3. The summed E-state index contributed by atoms with van der Waals surface area (Å²) in [6.07, 6.45) is 2.26. The molecule has 5 heteroatoms. The van der Waals surface area contributed by atoms with Crippen molar-refractivity contribution in [2.45, 2.75) is 25.3 Å². The molecule has 0 unspecified atom stereocenters. The molecule has 1 aliphatic heterocycles. The molecule has 3 aromatic carbocycles. The van der Waals surface area contributed by atoms with E-state index in [1.165, 1.54) is 23.8 Å². The van der Waals surface area contributed by atoms with Crippen LogP contribution in [-0.4, -0.2) is 25.1 Å². The molecule has 164 valence electrons. The second-order valence-corrected chi connectivity index (χ2v) is 8.38. The highest BCUT2D eigenvalue weighted by Gasteiger charge is 2.22. The molecular formula is C27H25F2NO2. The molecule has 2 heterocycles. The number of halogens is 2. The number of methoxy groups -OCH3 is 1. The van der Waals surface area contributed by atoms with Crippen molar-refractivity contribution in [3.8, 4) is 17.1 Å². The average Bonchev–Trinajstić information content (AvgIpc) is 3.23. The lowest BCUT2D eigenvalue weighted by Gasteiger charge is -2.32. The minimum atomic E-state index is -0.649. The maximum absolute atomic E-state index is 14.3. The first-order valence-corrected chi connectivity index (χ1v) is 10.9. The SMILES string of the molecule is COc1cc(CN2CCC(c3ccccc3)CC2)cc2cc(-c3c(F)cccc3F)oc12. The maximum atomic E-state index is 14.3. The number of rotatable bonds is 5. The molecule has 0 radical (unpaired) electrons. The summed E-state index contributed by atoms with van der Waals surface area (Å²) in [5.74, 6) is 0.0417. The zero-order chi connectivity index (χ0) is 22.1. The third-order valence-corrected chi connectivity index (χ3v) is 6.34. The van der Waals surface area contributed by atoms with Gasteiger partial charge in [0, 0.05) is 11.9 Å². The molecule has 0 saturated carbocycles. The van der Waals surface area contributed by atoms with E-state index in [0.717, 1.165) is 43.4 Å². The van der Waals surface area contributed by atoms with Gasteiger partial charge in [0.1, 0.15) is 17.4 Å². The van der Waals surface area contributed by atoms with Gasteiger partial charge in [0.25, 0.3) is 0 Å². The molecule has 0 aliphatic carbocycles. The predicted molar refractivity (Wildman–Crippen MR) is 122 cm³/mol. The van der Waals surface area contributed by atoms with Crippen LogP contribution in [0.3, 0.4) is 0 Å². The molecule has 4 aromatic rings. The average molecular weight is 433 g/mol. The van der Waals surface area contributed by atoms with Gasteiger partial charge in [-0.1, -0.05) is 36.4 Å². The van der Waals surface area contributed by atoms with E-state index in [9.17, 15) is 8.78 Å². The van der Waals surface area contributed by atoms with Gasteiger partial charge in [-0.2, -0.15) is 0 Å². The fourth-order valence-corrected chi connectivity index (χ4v) is 4.69. The second kappa shape index (κ2) is 8.75. The van der Waals surface area contributed by atoms with Gasteiger partial charge in [-0.25, -0.2) is 8.78 Å². The van der Waals surface area contributed by atoms with Gasteiger partial charge in [-0.15, -0.1) is 0 Å². The lowest BCUT2D eigenvalue weighted by molar-refractivity contribution is 0.204.